The molecule has 2 aromatic heterocycles. The normalized spacial score (nSPS) is 18.8. The Morgan fingerprint density at radius 1 is 1.10 bits per heavy atom. The smallest absolute Gasteiger partial charge is 0.182 e. The topological polar surface area (TPSA) is 36.7 Å². The first-order valence-corrected chi connectivity index (χ1v) is 9.69. The van der Waals surface area contributed by atoms with Crippen LogP contribution in [0.3, 0.4) is 0 Å². The standard InChI is InChI=1S/C21H20F3N5/c1-12(2)20-26-25-18-6-5-13(10-29(18)20)21-27-7-3-4-15(27)11-28(21)17-9-14(22)8-16(23)19(17)24/h5-6,8-12,21H,3-4,7H2,1-2H3. The van der Waals surface area contributed by atoms with Crippen LogP contribution in [0, 0.1) is 17.5 Å². The second kappa shape index (κ2) is 6.50. The maximum absolute atomic E-state index is 14.6. The highest BCUT2D eigenvalue weighted by Crippen LogP contribution is 2.44. The number of benzene rings is 1. The van der Waals surface area contributed by atoms with Crippen LogP contribution in [0.15, 0.2) is 42.4 Å². The molecule has 1 saturated heterocycles. The summed E-state index contributed by atoms with van der Waals surface area (Å²) >= 11 is 0. The minimum absolute atomic E-state index is 0.109. The molecule has 2 aliphatic heterocycles. The molecule has 1 fully saturated rings. The van der Waals surface area contributed by atoms with Crippen LogP contribution in [0.25, 0.3) is 5.65 Å². The van der Waals surface area contributed by atoms with Crippen LogP contribution in [0.4, 0.5) is 18.9 Å². The number of rotatable bonds is 3. The van der Waals surface area contributed by atoms with Gasteiger partial charge < -0.3 is 9.80 Å². The van der Waals surface area contributed by atoms with Crippen LogP contribution in [0.1, 0.15) is 50.2 Å². The van der Waals surface area contributed by atoms with Crippen molar-refractivity contribution in [1.29, 1.82) is 0 Å². The number of aromatic nitrogens is 3. The van der Waals surface area contributed by atoms with Crippen molar-refractivity contribution >= 4 is 11.3 Å². The Labute approximate surface area is 166 Å². The molecule has 5 nitrogen and oxygen atoms in total. The molecule has 0 aliphatic carbocycles. The van der Waals surface area contributed by atoms with E-state index in [9.17, 15) is 13.2 Å². The van der Waals surface area contributed by atoms with Crippen LogP contribution >= 0.6 is 0 Å². The first kappa shape index (κ1) is 18.0. The van der Waals surface area contributed by atoms with Crippen LogP contribution in [0.2, 0.25) is 0 Å². The summed E-state index contributed by atoms with van der Waals surface area (Å²) in [4.78, 5) is 3.78. The van der Waals surface area contributed by atoms with Gasteiger partial charge in [0.05, 0.1) is 5.69 Å². The van der Waals surface area contributed by atoms with Gasteiger partial charge in [0.1, 0.15) is 17.8 Å². The fourth-order valence-corrected chi connectivity index (χ4v) is 4.26. The minimum atomic E-state index is -1.19. The third-order valence-corrected chi connectivity index (χ3v) is 5.57. The number of fused-ring (bicyclic) bond motifs is 2. The van der Waals surface area contributed by atoms with E-state index in [2.05, 4.69) is 15.1 Å². The summed E-state index contributed by atoms with van der Waals surface area (Å²) in [5.41, 5.74) is 2.52. The largest absolute Gasteiger partial charge is 0.349 e. The summed E-state index contributed by atoms with van der Waals surface area (Å²) in [5, 5.41) is 8.46. The number of allylic oxidation sites excluding steroid dienone is 1. The number of hydrogen-bond donors (Lipinski definition) is 0. The Balaban J connectivity index is 1.66. The fraction of sp³-hybridized carbons (Fsp3) is 0.333. The van der Waals surface area contributed by atoms with Gasteiger partial charge in [-0.15, -0.1) is 10.2 Å². The summed E-state index contributed by atoms with van der Waals surface area (Å²) < 4.78 is 44.4. The van der Waals surface area contributed by atoms with Gasteiger partial charge in [-0.25, -0.2) is 13.2 Å². The quantitative estimate of drug-likeness (QED) is 0.597. The zero-order valence-electron chi connectivity index (χ0n) is 16.1. The molecular weight excluding hydrogens is 379 g/mol. The van der Waals surface area contributed by atoms with Gasteiger partial charge in [-0.05, 0) is 25.0 Å². The Morgan fingerprint density at radius 2 is 1.93 bits per heavy atom. The zero-order valence-corrected chi connectivity index (χ0v) is 16.1. The Hall–Kier alpha value is -3.03. The highest BCUT2D eigenvalue weighted by Gasteiger charge is 2.38. The minimum Gasteiger partial charge on any atom is -0.349 e. The summed E-state index contributed by atoms with van der Waals surface area (Å²) in [7, 11) is 0. The predicted molar refractivity (Wildman–Crippen MR) is 103 cm³/mol. The van der Waals surface area contributed by atoms with E-state index in [4.69, 9.17) is 0 Å². The molecule has 150 valence electrons. The Morgan fingerprint density at radius 3 is 2.72 bits per heavy atom. The van der Waals surface area contributed by atoms with Gasteiger partial charge in [-0.2, -0.15) is 0 Å². The predicted octanol–water partition coefficient (Wildman–Crippen LogP) is 4.73. The molecule has 2 aliphatic rings. The molecule has 0 saturated carbocycles. The van der Waals surface area contributed by atoms with Gasteiger partial charge in [-0.3, -0.25) is 4.40 Å². The van der Waals surface area contributed by atoms with E-state index in [0.717, 1.165) is 48.2 Å². The van der Waals surface area contributed by atoms with Crippen LogP contribution in [0.5, 0.6) is 0 Å². The second-order valence-electron chi connectivity index (χ2n) is 7.82. The van der Waals surface area contributed by atoms with Crippen molar-refractivity contribution in [3.05, 3.63) is 71.2 Å². The molecule has 1 aromatic carbocycles. The van der Waals surface area contributed by atoms with Crippen molar-refractivity contribution in [3.8, 4) is 0 Å². The van der Waals surface area contributed by atoms with Crippen LogP contribution < -0.4 is 4.90 Å². The number of hydrogen-bond acceptors (Lipinski definition) is 4. The van der Waals surface area contributed by atoms with Gasteiger partial charge in [-0.1, -0.05) is 13.8 Å². The Kier molecular flexibility index (Phi) is 4.04. The Bertz CT molecular complexity index is 1140. The third-order valence-electron chi connectivity index (χ3n) is 5.57. The summed E-state index contributed by atoms with van der Waals surface area (Å²) in [6.45, 7) is 4.87. The molecule has 0 bridgehead atoms. The van der Waals surface area contributed by atoms with E-state index >= 15 is 0 Å². The lowest BCUT2D eigenvalue weighted by Crippen LogP contribution is -2.31. The van der Waals surface area contributed by atoms with Crippen molar-refractivity contribution in [2.45, 2.75) is 38.8 Å². The van der Waals surface area contributed by atoms with Gasteiger partial charge in [0.15, 0.2) is 17.3 Å². The lowest BCUT2D eigenvalue weighted by atomic mass is 10.1. The van der Waals surface area contributed by atoms with Gasteiger partial charge in [0.2, 0.25) is 0 Å². The van der Waals surface area contributed by atoms with Gasteiger partial charge in [0, 0.05) is 48.3 Å². The monoisotopic (exact) mass is 399 g/mol. The first-order chi connectivity index (χ1) is 13.9. The van der Waals surface area contributed by atoms with E-state index in [1.54, 1.807) is 11.1 Å². The summed E-state index contributed by atoms with van der Waals surface area (Å²) in [6, 6.07) is 5.38. The molecule has 1 unspecified atom stereocenters. The fourth-order valence-electron chi connectivity index (χ4n) is 4.26. The van der Waals surface area contributed by atoms with E-state index in [1.807, 2.05) is 36.6 Å². The average Bonchev–Trinajstić information content (AvgIpc) is 3.37. The van der Waals surface area contributed by atoms with Gasteiger partial charge in [0.25, 0.3) is 0 Å². The van der Waals surface area contributed by atoms with Crippen molar-refractivity contribution in [2.24, 2.45) is 0 Å². The number of pyridine rings is 1. The molecule has 5 rings (SSSR count). The first-order valence-electron chi connectivity index (χ1n) is 9.69. The molecule has 0 amide bonds. The SMILES string of the molecule is CC(C)c1nnc2ccc(C3N4CCCC4=CN3c3cc(F)cc(F)c3F)cn12. The van der Waals surface area contributed by atoms with Crippen molar-refractivity contribution < 1.29 is 13.2 Å². The van der Waals surface area contributed by atoms with Gasteiger partial charge >= 0.3 is 0 Å². The third kappa shape index (κ3) is 2.77. The van der Waals surface area contributed by atoms with Crippen LogP contribution in [-0.4, -0.2) is 26.0 Å². The second-order valence-corrected chi connectivity index (χ2v) is 7.82. The molecular formula is C21H20F3N5. The molecule has 8 heteroatoms. The summed E-state index contributed by atoms with van der Waals surface area (Å²) in [6.07, 6.45) is 5.18. The molecule has 0 radical (unpaired) electrons. The number of nitrogens with zero attached hydrogens (tertiary/aromatic N) is 5. The van der Waals surface area contributed by atoms with Crippen molar-refractivity contribution in [1.82, 2.24) is 19.5 Å². The van der Waals surface area contributed by atoms with Crippen molar-refractivity contribution in [2.75, 3.05) is 11.4 Å². The molecule has 29 heavy (non-hydrogen) atoms. The molecule has 3 aromatic rings. The molecule has 0 N–H and O–H groups in total. The van der Waals surface area contributed by atoms with Crippen LogP contribution in [-0.2, 0) is 0 Å². The summed E-state index contributed by atoms with van der Waals surface area (Å²) in [5.74, 6) is -2.05. The molecule has 4 heterocycles. The highest BCUT2D eigenvalue weighted by molar-refractivity contribution is 5.57. The zero-order chi connectivity index (χ0) is 20.3. The average molecular weight is 399 g/mol. The van der Waals surface area contributed by atoms with E-state index in [-0.39, 0.29) is 11.6 Å². The molecule has 0 spiro atoms. The van der Waals surface area contributed by atoms with E-state index in [0.29, 0.717) is 6.07 Å². The maximum atomic E-state index is 14.6. The van der Waals surface area contributed by atoms with E-state index in [1.165, 1.54) is 0 Å². The maximum Gasteiger partial charge on any atom is 0.182 e. The van der Waals surface area contributed by atoms with E-state index < -0.39 is 23.6 Å². The molecule has 1 atom stereocenters. The number of anilines is 1. The number of halogens is 3. The lowest BCUT2D eigenvalue weighted by molar-refractivity contribution is 0.316. The highest BCUT2D eigenvalue weighted by atomic mass is 19.2. The lowest BCUT2D eigenvalue weighted by Gasteiger charge is -2.32. The van der Waals surface area contributed by atoms with Crippen molar-refractivity contribution in [3.63, 3.8) is 0 Å².